The maximum atomic E-state index is 12.7. The summed E-state index contributed by atoms with van der Waals surface area (Å²) >= 11 is 4.49. The summed E-state index contributed by atoms with van der Waals surface area (Å²) in [7, 11) is 0. The molecule has 1 aliphatic rings. The molecule has 2 aromatic carbocycles. The van der Waals surface area contributed by atoms with E-state index in [1.54, 1.807) is 29.6 Å². The number of hydrogen-bond donors (Lipinski definition) is 1. The zero-order valence-corrected chi connectivity index (χ0v) is 20.4. The summed E-state index contributed by atoms with van der Waals surface area (Å²) in [6.45, 7) is 3.24. The smallest absolute Gasteiger partial charge is 0.338 e. The number of amides is 1. The van der Waals surface area contributed by atoms with Crippen LogP contribution in [0.5, 0.6) is 0 Å². The molecule has 7 nitrogen and oxygen atoms in total. The fraction of sp³-hybridized carbons (Fsp3) is 0.261. The third-order valence-corrected chi connectivity index (χ3v) is 7.90. The van der Waals surface area contributed by atoms with E-state index in [-0.39, 0.29) is 17.5 Å². The van der Waals surface area contributed by atoms with Gasteiger partial charge >= 0.3 is 5.97 Å². The van der Waals surface area contributed by atoms with Crippen LogP contribution in [0.1, 0.15) is 41.9 Å². The molecule has 1 aromatic heterocycles. The Morgan fingerprint density at radius 2 is 1.94 bits per heavy atom. The van der Waals surface area contributed by atoms with E-state index >= 15 is 0 Å². The highest BCUT2D eigenvalue weighted by Gasteiger charge is 2.17. The Morgan fingerprint density at radius 3 is 2.73 bits per heavy atom. The lowest BCUT2D eigenvalue weighted by molar-refractivity contribution is 0.0470. The van der Waals surface area contributed by atoms with Crippen LogP contribution in [0.2, 0.25) is 0 Å². The van der Waals surface area contributed by atoms with Crippen molar-refractivity contribution in [3.63, 3.8) is 0 Å². The first-order valence-electron chi connectivity index (χ1n) is 10.3. The lowest BCUT2D eigenvalue weighted by atomic mass is 10.1. The topological polar surface area (TPSA) is 93.5 Å². The maximum Gasteiger partial charge on any atom is 0.338 e. The minimum atomic E-state index is -0.423. The van der Waals surface area contributed by atoms with Crippen molar-refractivity contribution in [1.29, 1.82) is 0 Å². The standard InChI is InChI=1S/C23H22N4O3S3/c1-15-6-8-16(9-7-15)12-25-20(28)21-27-26-19(33-21)13-30-22(29)18-5-3-2-4-17(18)14-32-23-24-10-11-31-23/h2-9H,10-14H2,1H3,(H,25,28). The molecule has 170 valence electrons. The summed E-state index contributed by atoms with van der Waals surface area (Å²) in [6, 6.07) is 15.3. The Hall–Kier alpha value is -2.69. The summed E-state index contributed by atoms with van der Waals surface area (Å²) in [5.74, 6) is 0.939. The molecule has 0 saturated carbocycles. The average molecular weight is 499 g/mol. The van der Waals surface area contributed by atoms with Gasteiger partial charge in [0.2, 0.25) is 5.01 Å². The van der Waals surface area contributed by atoms with E-state index in [0.29, 0.717) is 22.9 Å². The molecule has 0 radical (unpaired) electrons. The number of hydrogen-bond acceptors (Lipinski definition) is 9. The number of esters is 1. The molecule has 2 heterocycles. The Kier molecular flexibility index (Phi) is 8.14. The third-order valence-electron chi connectivity index (χ3n) is 4.71. The molecule has 1 aliphatic heterocycles. The highest BCUT2D eigenvalue weighted by molar-refractivity contribution is 8.38. The van der Waals surface area contributed by atoms with Crippen LogP contribution < -0.4 is 5.32 Å². The van der Waals surface area contributed by atoms with E-state index in [2.05, 4.69) is 20.5 Å². The van der Waals surface area contributed by atoms with E-state index in [1.165, 1.54) is 0 Å². The number of nitrogens with zero attached hydrogens (tertiary/aromatic N) is 3. The molecule has 0 bridgehead atoms. The number of ether oxygens (including phenoxy) is 1. The number of nitrogens with one attached hydrogen (secondary N) is 1. The monoisotopic (exact) mass is 498 g/mol. The van der Waals surface area contributed by atoms with Gasteiger partial charge < -0.3 is 10.1 Å². The van der Waals surface area contributed by atoms with Crippen LogP contribution in [0.25, 0.3) is 0 Å². The van der Waals surface area contributed by atoms with Crippen molar-refractivity contribution in [2.24, 2.45) is 4.99 Å². The molecule has 0 aliphatic carbocycles. The Balaban J connectivity index is 1.29. The highest BCUT2D eigenvalue weighted by Crippen LogP contribution is 2.27. The quantitative estimate of drug-likeness (QED) is 0.458. The van der Waals surface area contributed by atoms with Crippen molar-refractivity contribution in [3.05, 3.63) is 80.8 Å². The molecule has 0 saturated heterocycles. The summed E-state index contributed by atoms with van der Waals surface area (Å²) in [4.78, 5) is 29.5. The summed E-state index contributed by atoms with van der Waals surface area (Å²) in [5, 5.41) is 11.5. The number of benzene rings is 2. The first kappa shape index (κ1) is 23.5. The number of carbonyl (C=O) groups excluding carboxylic acids is 2. The van der Waals surface area contributed by atoms with Crippen molar-refractivity contribution >= 4 is 51.1 Å². The Bertz CT molecular complexity index is 1160. The molecular formula is C23H22N4O3S3. The van der Waals surface area contributed by atoms with Crippen molar-refractivity contribution in [2.45, 2.75) is 25.8 Å². The van der Waals surface area contributed by atoms with Crippen LogP contribution in [0.3, 0.4) is 0 Å². The lowest BCUT2D eigenvalue weighted by Gasteiger charge is -2.08. The second kappa shape index (κ2) is 11.4. The minimum absolute atomic E-state index is 0.0359. The van der Waals surface area contributed by atoms with Gasteiger partial charge in [-0.2, -0.15) is 0 Å². The van der Waals surface area contributed by atoms with Crippen molar-refractivity contribution in [3.8, 4) is 0 Å². The molecule has 1 amide bonds. The molecule has 0 fully saturated rings. The maximum absolute atomic E-state index is 12.7. The average Bonchev–Trinajstić information content (AvgIpc) is 3.53. The Morgan fingerprint density at radius 1 is 1.12 bits per heavy atom. The van der Waals surface area contributed by atoms with Gasteiger partial charge in [0.25, 0.3) is 5.91 Å². The zero-order valence-electron chi connectivity index (χ0n) is 17.9. The van der Waals surface area contributed by atoms with Gasteiger partial charge in [-0.3, -0.25) is 9.79 Å². The normalized spacial score (nSPS) is 12.9. The fourth-order valence-electron chi connectivity index (χ4n) is 2.96. The largest absolute Gasteiger partial charge is 0.455 e. The van der Waals surface area contributed by atoms with Gasteiger partial charge in [-0.05, 0) is 24.1 Å². The second-order valence-corrected chi connectivity index (χ2v) is 10.6. The van der Waals surface area contributed by atoms with Crippen molar-refractivity contribution < 1.29 is 14.3 Å². The van der Waals surface area contributed by atoms with E-state index in [0.717, 1.165) is 44.7 Å². The van der Waals surface area contributed by atoms with E-state index in [1.807, 2.05) is 49.4 Å². The molecule has 0 unspecified atom stereocenters. The summed E-state index contributed by atoms with van der Waals surface area (Å²) < 4.78 is 6.51. The van der Waals surface area contributed by atoms with Crippen LogP contribution in [-0.4, -0.2) is 38.7 Å². The van der Waals surface area contributed by atoms with E-state index in [9.17, 15) is 9.59 Å². The van der Waals surface area contributed by atoms with Gasteiger partial charge in [-0.1, -0.05) is 82.9 Å². The third kappa shape index (κ3) is 6.66. The predicted octanol–water partition coefficient (Wildman–Crippen LogP) is 4.47. The number of aromatic nitrogens is 2. The molecule has 3 aromatic rings. The van der Waals surface area contributed by atoms with Gasteiger partial charge in [0, 0.05) is 18.1 Å². The molecule has 0 spiro atoms. The fourth-order valence-corrected chi connectivity index (χ4v) is 5.64. The van der Waals surface area contributed by atoms with Crippen molar-refractivity contribution in [2.75, 3.05) is 12.3 Å². The summed E-state index contributed by atoms with van der Waals surface area (Å²) in [6.07, 6.45) is 0. The van der Waals surface area contributed by atoms with Gasteiger partial charge in [0.05, 0.1) is 12.1 Å². The molecule has 33 heavy (non-hydrogen) atoms. The molecule has 1 N–H and O–H groups in total. The van der Waals surface area contributed by atoms with E-state index < -0.39 is 5.97 Å². The zero-order chi connectivity index (χ0) is 23.0. The van der Waals surface area contributed by atoms with Crippen LogP contribution in [0.4, 0.5) is 0 Å². The van der Waals surface area contributed by atoms with Gasteiger partial charge in [0.15, 0.2) is 5.01 Å². The molecule has 0 atom stereocenters. The number of rotatable bonds is 8. The molecule has 10 heteroatoms. The van der Waals surface area contributed by atoms with Crippen molar-refractivity contribution in [1.82, 2.24) is 15.5 Å². The van der Waals surface area contributed by atoms with Crippen LogP contribution in [-0.2, 0) is 23.6 Å². The highest BCUT2D eigenvalue weighted by atomic mass is 32.2. The SMILES string of the molecule is Cc1ccc(CNC(=O)c2nnc(COC(=O)c3ccccc3CSC3=NCCS3)s2)cc1. The van der Waals surface area contributed by atoms with E-state index in [4.69, 9.17) is 4.74 Å². The predicted molar refractivity (Wildman–Crippen MR) is 134 cm³/mol. The summed E-state index contributed by atoms with van der Waals surface area (Å²) in [5.41, 5.74) is 3.59. The van der Waals surface area contributed by atoms with Crippen LogP contribution in [0, 0.1) is 6.92 Å². The lowest BCUT2D eigenvalue weighted by Crippen LogP contribution is -2.22. The molecule has 4 rings (SSSR count). The number of aliphatic imine (C=N–C) groups is 1. The number of thioether (sulfide) groups is 2. The minimum Gasteiger partial charge on any atom is -0.455 e. The van der Waals surface area contributed by atoms with Gasteiger partial charge in [-0.25, -0.2) is 4.79 Å². The van der Waals surface area contributed by atoms with Gasteiger partial charge in [0.1, 0.15) is 11.0 Å². The first-order chi connectivity index (χ1) is 16.1. The number of aryl methyl sites for hydroxylation is 1. The first-order valence-corrected chi connectivity index (χ1v) is 13.1. The van der Waals surface area contributed by atoms with Gasteiger partial charge in [-0.15, -0.1) is 10.2 Å². The second-order valence-electron chi connectivity index (χ2n) is 7.19. The molecular weight excluding hydrogens is 476 g/mol. The Labute approximate surface area is 204 Å². The van der Waals surface area contributed by atoms with Crippen LogP contribution in [0.15, 0.2) is 53.5 Å². The number of carbonyl (C=O) groups is 2. The van der Waals surface area contributed by atoms with Crippen LogP contribution >= 0.6 is 34.9 Å².